The van der Waals surface area contributed by atoms with E-state index >= 15 is 0 Å². The van der Waals surface area contributed by atoms with Gasteiger partial charge in [0.25, 0.3) is 0 Å². The summed E-state index contributed by atoms with van der Waals surface area (Å²) in [4.78, 5) is 44.7. The van der Waals surface area contributed by atoms with Crippen LogP contribution in [-0.2, 0) is 20.8 Å². The first-order valence-corrected chi connectivity index (χ1v) is 12.1. The number of phenols is 1. The number of aromatic nitrogens is 1. The minimum atomic E-state index is -1.76. The standard InChI is InChI=1S/C27H29N3O6/c1-3-4-12-30-24(32)20-21(25(30)33)27(26(34)35,13-15-14-28-18-10-6-5-8-16(15)18)29-22(20)17-9-7-11-19(36-2)23(17)31/h5-11,14,20-22,28-29,31H,3-4,12-13H2,1-2H3,(H,34,35). The molecular formula is C27H29N3O6. The molecule has 0 aliphatic carbocycles. The number of H-pyrrole nitrogens is 1. The number of carbonyl (C=O) groups is 3. The highest BCUT2D eigenvalue weighted by molar-refractivity contribution is 6.09. The third-order valence-electron chi connectivity index (χ3n) is 7.59. The molecule has 4 atom stereocenters. The van der Waals surface area contributed by atoms with Gasteiger partial charge in [-0.3, -0.25) is 24.6 Å². The molecule has 188 valence electrons. The number of aromatic hydroxyl groups is 1. The number of likely N-dealkylation sites (tertiary alicyclic amines) is 1. The molecule has 0 bridgehead atoms. The lowest BCUT2D eigenvalue weighted by molar-refractivity contribution is -0.151. The Morgan fingerprint density at radius 3 is 2.64 bits per heavy atom. The first kappa shape index (κ1) is 23.9. The summed E-state index contributed by atoms with van der Waals surface area (Å²) >= 11 is 0. The summed E-state index contributed by atoms with van der Waals surface area (Å²) in [5.74, 6) is -4.21. The van der Waals surface area contributed by atoms with E-state index in [1.54, 1.807) is 24.4 Å². The van der Waals surface area contributed by atoms with Crippen molar-refractivity contribution in [3.8, 4) is 11.5 Å². The van der Waals surface area contributed by atoms with Gasteiger partial charge in [-0.05, 0) is 24.1 Å². The quantitative estimate of drug-likeness (QED) is 0.356. The Balaban J connectivity index is 1.66. The smallest absolute Gasteiger partial charge is 0.325 e. The second-order valence-electron chi connectivity index (χ2n) is 9.52. The number of imide groups is 1. The zero-order chi connectivity index (χ0) is 25.6. The number of fused-ring (bicyclic) bond motifs is 2. The number of ether oxygens (including phenoxy) is 1. The van der Waals surface area contributed by atoms with Gasteiger partial charge in [-0.2, -0.15) is 0 Å². The van der Waals surface area contributed by atoms with Gasteiger partial charge in [0.15, 0.2) is 11.5 Å². The number of phenolic OH excluding ortho intramolecular Hbond substituents is 1. The molecule has 2 aliphatic rings. The van der Waals surface area contributed by atoms with Crippen molar-refractivity contribution in [3.63, 3.8) is 0 Å². The van der Waals surface area contributed by atoms with Gasteiger partial charge >= 0.3 is 5.97 Å². The van der Waals surface area contributed by atoms with Gasteiger partial charge in [0, 0.05) is 41.7 Å². The lowest BCUT2D eigenvalue weighted by atomic mass is 9.76. The summed E-state index contributed by atoms with van der Waals surface area (Å²) in [6.45, 7) is 2.20. The largest absolute Gasteiger partial charge is 0.504 e. The van der Waals surface area contributed by atoms with Crippen LogP contribution in [0.1, 0.15) is 36.9 Å². The van der Waals surface area contributed by atoms with E-state index in [4.69, 9.17) is 4.74 Å². The second kappa shape index (κ2) is 8.98. The number of nitrogens with one attached hydrogen (secondary N) is 2. The van der Waals surface area contributed by atoms with Crippen LogP contribution in [0.15, 0.2) is 48.7 Å². The van der Waals surface area contributed by atoms with E-state index < -0.39 is 41.2 Å². The average Bonchev–Trinajstić information content (AvgIpc) is 3.51. The fraction of sp³-hybridized carbons (Fsp3) is 0.370. The summed E-state index contributed by atoms with van der Waals surface area (Å²) in [6, 6.07) is 11.5. The number of amides is 2. The van der Waals surface area contributed by atoms with Crippen LogP contribution in [0.25, 0.3) is 10.9 Å². The number of para-hydroxylation sites is 2. The zero-order valence-electron chi connectivity index (χ0n) is 20.2. The van der Waals surface area contributed by atoms with Crippen molar-refractivity contribution >= 4 is 28.7 Å². The molecule has 2 aliphatic heterocycles. The molecule has 0 spiro atoms. The second-order valence-corrected chi connectivity index (χ2v) is 9.52. The van der Waals surface area contributed by atoms with Crippen molar-refractivity contribution in [1.82, 2.24) is 15.2 Å². The molecule has 3 aromatic rings. The summed E-state index contributed by atoms with van der Waals surface area (Å²) < 4.78 is 5.25. The molecule has 2 amide bonds. The topological polar surface area (TPSA) is 132 Å². The Labute approximate surface area is 208 Å². The van der Waals surface area contributed by atoms with Crippen LogP contribution in [0.5, 0.6) is 11.5 Å². The number of methoxy groups -OCH3 is 1. The van der Waals surface area contributed by atoms with Crippen molar-refractivity contribution in [3.05, 3.63) is 59.8 Å². The number of aliphatic carboxylic acids is 1. The maximum Gasteiger partial charge on any atom is 0.325 e. The third kappa shape index (κ3) is 3.45. The summed E-state index contributed by atoms with van der Waals surface area (Å²) in [5.41, 5.74) is 0.138. The maximum atomic E-state index is 13.7. The van der Waals surface area contributed by atoms with E-state index in [0.29, 0.717) is 12.0 Å². The average molecular weight is 492 g/mol. The van der Waals surface area contributed by atoms with E-state index in [2.05, 4.69) is 10.3 Å². The van der Waals surface area contributed by atoms with Crippen LogP contribution >= 0.6 is 0 Å². The summed E-state index contributed by atoms with van der Waals surface area (Å²) in [5, 5.41) is 25.6. The van der Waals surface area contributed by atoms with E-state index in [1.807, 2.05) is 31.2 Å². The number of hydrogen-bond donors (Lipinski definition) is 4. The molecule has 0 saturated carbocycles. The number of hydrogen-bond acceptors (Lipinski definition) is 6. The monoisotopic (exact) mass is 491 g/mol. The number of unbranched alkanes of at least 4 members (excludes halogenated alkanes) is 1. The van der Waals surface area contributed by atoms with Gasteiger partial charge in [0.05, 0.1) is 18.9 Å². The van der Waals surface area contributed by atoms with Crippen molar-refractivity contribution in [2.45, 2.75) is 37.8 Å². The van der Waals surface area contributed by atoms with E-state index in [1.165, 1.54) is 12.0 Å². The highest BCUT2D eigenvalue weighted by atomic mass is 16.5. The van der Waals surface area contributed by atoms with Gasteiger partial charge < -0.3 is 19.9 Å². The van der Waals surface area contributed by atoms with Crippen molar-refractivity contribution < 1.29 is 29.3 Å². The van der Waals surface area contributed by atoms with Gasteiger partial charge in [0.1, 0.15) is 5.54 Å². The molecule has 5 rings (SSSR count). The van der Waals surface area contributed by atoms with Crippen LogP contribution in [0.4, 0.5) is 0 Å². The Morgan fingerprint density at radius 1 is 1.14 bits per heavy atom. The summed E-state index contributed by atoms with van der Waals surface area (Å²) in [7, 11) is 1.42. The van der Waals surface area contributed by atoms with Crippen LogP contribution in [0.3, 0.4) is 0 Å². The number of nitrogens with zero attached hydrogens (tertiary/aromatic N) is 1. The Hall–Kier alpha value is -3.85. The van der Waals surface area contributed by atoms with Crippen molar-refractivity contribution in [2.75, 3.05) is 13.7 Å². The Morgan fingerprint density at radius 2 is 1.92 bits per heavy atom. The van der Waals surface area contributed by atoms with Crippen molar-refractivity contribution in [1.29, 1.82) is 0 Å². The molecule has 4 N–H and O–H groups in total. The van der Waals surface area contributed by atoms with E-state index in [0.717, 1.165) is 22.9 Å². The lowest BCUT2D eigenvalue weighted by Gasteiger charge is -2.31. The van der Waals surface area contributed by atoms with Crippen molar-refractivity contribution in [2.24, 2.45) is 11.8 Å². The molecule has 0 radical (unpaired) electrons. The lowest BCUT2D eigenvalue weighted by Crippen LogP contribution is -2.57. The number of carbonyl (C=O) groups excluding carboxylic acids is 2. The number of rotatable bonds is 8. The molecular weight excluding hydrogens is 462 g/mol. The number of aromatic amines is 1. The third-order valence-corrected chi connectivity index (χ3v) is 7.59. The molecule has 9 nitrogen and oxygen atoms in total. The minimum absolute atomic E-state index is 0.0185. The first-order valence-electron chi connectivity index (χ1n) is 12.1. The number of carboxylic acid groups (broad SMARTS) is 1. The molecule has 36 heavy (non-hydrogen) atoms. The van der Waals surface area contributed by atoms with E-state index in [-0.39, 0.29) is 24.5 Å². The molecule has 2 fully saturated rings. The molecule has 2 saturated heterocycles. The van der Waals surface area contributed by atoms with Gasteiger partial charge in [0.2, 0.25) is 11.8 Å². The van der Waals surface area contributed by atoms with Crippen LogP contribution in [0.2, 0.25) is 0 Å². The molecule has 3 heterocycles. The van der Waals surface area contributed by atoms with Crippen LogP contribution < -0.4 is 10.1 Å². The minimum Gasteiger partial charge on any atom is -0.504 e. The Bertz CT molecular complexity index is 1350. The first-order chi connectivity index (χ1) is 17.3. The molecule has 2 aromatic carbocycles. The van der Waals surface area contributed by atoms with Gasteiger partial charge in [-0.25, -0.2) is 0 Å². The molecule has 4 unspecified atom stereocenters. The maximum absolute atomic E-state index is 13.7. The van der Waals surface area contributed by atoms with Gasteiger partial charge in [-0.1, -0.05) is 43.7 Å². The predicted molar refractivity (Wildman–Crippen MR) is 132 cm³/mol. The molecule has 9 heteroatoms. The Kier molecular flexibility index (Phi) is 5.96. The summed E-state index contributed by atoms with van der Waals surface area (Å²) in [6.07, 6.45) is 3.14. The SMILES string of the molecule is CCCCN1C(=O)C2C(c3cccc(OC)c3O)NC(Cc3c[nH]c4ccccc34)(C(=O)O)C2C1=O. The highest BCUT2D eigenvalue weighted by Crippen LogP contribution is 2.52. The normalized spacial score (nSPS) is 25.5. The zero-order valence-corrected chi connectivity index (χ0v) is 20.2. The van der Waals surface area contributed by atoms with E-state index in [9.17, 15) is 24.6 Å². The number of benzene rings is 2. The van der Waals surface area contributed by atoms with Crippen LogP contribution in [0, 0.1) is 11.8 Å². The fourth-order valence-electron chi connectivity index (χ4n) is 5.83. The number of carboxylic acids is 1. The predicted octanol–water partition coefficient (Wildman–Crippen LogP) is 2.99. The fourth-order valence-corrected chi connectivity index (χ4v) is 5.83. The van der Waals surface area contributed by atoms with Gasteiger partial charge in [-0.15, -0.1) is 0 Å². The molecule has 1 aromatic heterocycles. The van der Waals surface area contributed by atoms with Crippen LogP contribution in [-0.4, -0.2) is 57.1 Å². The highest BCUT2D eigenvalue weighted by Gasteiger charge is 2.68.